The van der Waals surface area contributed by atoms with Crippen molar-refractivity contribution in [3.63, 3.8) is 0 Å². The lowest BCUT2D eigenvalue weighted by Gasteiger charge is -2.22. The van der Waals surface area contributed by atoms with Gasteiger partial charge < -0.3 is 24.5 Å². The highest BCUT2D eigenvalue weighted by atomic mass is 19.1. The minimum atomic E-state index is -1.20. The number of carbonyl (C=O) groups is 3. The van der Waals surface area contributed by atoms with Gasteiger partial charge in [-0.15, -0.1) is 0 Å². The number of esters is 1. The third-order valence-corrected chi connectivity index (χ3v) is 5.34. The van der Waals surface area contributed by atoms with Gasteiger partial charge in [0.25, 0.3) is 0 Å². The molecular weight excluding hydrogens is 459 g/mol. The molecule has 1 heterocycles. The zero-order chi connectivity index (χ0) is 25.5. The zero-order valence-corrected chi connectivity index (χ0v) is 19.4. The van der Waals surface area contributed by atoms with Crippen molar-refractivity contribution in [1.82, 2.24) is 10.6 Å². The first-order valence-electron chi connectivity index (χ1n) is 10.7. The first-order valence-corrected chi connectivity index (χ1v) is 10.7. The molecule has 2 aromatic carbocycles. The van der Waals surface area contributed by atoms with Gasteiger partial charge in [0.15, 0.2) is 0 Å². The van der Waals surface area contributed by atoms with Crippen molar-refractivity contribution in [3.8, 4) is 5.75 Å². The molecule has 0 unspecified atom stereocenters. The molecule has 3 rings (SSSR count). The molecule has 0 saturated carbocycles. The molecule has 0 spiro atoms. The maximum Gasteiger partial charge on any atom is 0.336 e. The van der Waals surface area contributed by atoms with Crippen LogP contribution in [0, 0.1) is 5.82 Å². The summed E-state index contributed by atoms with van der Waals surface area (Å²) in [7, 11) is 2.63. The topological polar surface area (TPSA) is 124 Å². The minimum absolute atomic E-state index is 0.0979. The first-order chi connectivity index (χ1) is 16.7. The molecule has 0 saturated heterocycles. The van der Waals surface area contributed by atoms with Crippen molar-refractivity contribution < 1.29 is 32.7 Å². The van der Waals surface area contributed by atoms with E-state index in [0.717, 1.165) is 7.11 Å². The smallest absolute Gasteiger partial charge is 0.336 e. The fourth-order valence-electron chi connectivity index (χ4n) is 3.67. The van der Waals surface area contributed by atoms with Crippen molar-refractivity contribution in [3.05, 3.63) is 75.9 Å². The number of nitrogens with one attached hydrogen (secondary N) is 2. The summed E-state index contributed by atoms with van der Waals surface area (Å²) >= 11 is 0. The van der Waals surface area contributed by atoms with Crippen LogP contribution in [0.1, 0.15) is 18.1 Å². The molecule has 0 aliphatic heterocycles. The zero-order valence-electron chi connectivity index (χ0n) is 19.4. The maximum absolute atomic E-state index is 14.2. The lowest BCUT2D eigenvalue weighted by atomic mass is 10.0. The summed E-state index contributed by atoms with van der Waals surface area (Å²) in [4.78, 5) is 49.4. The quantitative estimate of drug-likeness (QED) is 0.351. The Morgan fingerprint density at radius 1 is 0.971 bits per heavy atom. The first kappa shape index (κ1) is 25.4. The van der Waals surface area contributed by atoms with Gasteiger partial charge in [0, 0.05) is 37.3 Å². The highest BCUT2D eigenvalue weighted by Crippen LogP contribution is 2.23. The summed E-state index contributed by atoms with van der Waals surface area (Å²) in [5, 5.41) is 5.58. The van der Waals surface area contributed by atoms with Crippen LogP contribution in [0.3, 0.4) is 0 Å². The minimum Gasteiger partial charge on any atom is -0.497 e. The van der Waals surface area contributed by atoms with Crippen LogP contribution < -0.4 is 21.0 Å². The Kier molecular flexibility index (Phi) is 8.19. The van der Waals surface area contributed by atoms with E-state index < -0.39 is 41.3 Å². The molecule has 9 nitrogen and oxygen atoms in total. The van der Waals surface area contributed by atoms with Crippen molar-refractivity contribution in [2.24, 2.45) is 0 Å². The van der Waals surface area contributed by atoms with Crippen LogP contribution >= 0.6 is 0 Å². The van der Waals surface area contributed by atoms with Crippen molar-refractivity contribution >= 4 is 28.8 Å². The summed E-state index contributed by atoms with van der Waals surface area (Å²) in [6.45, 7) is 1.23. The Morgan fingerprint density at radius 2 is 1.69 bits per heavy atom. The van der Waals surface area contributed by atoms with E-state index in [0.29, 0.717) is 16.7 Å². The normalized spacial score (nSPS) is 12.5. The molecule has 0 aliphatic carbocycles. The SMILES string of the molecule is COC(=O)[C@@H](Cc1cc(=O)oc2cc(OC)ccc12)NC(=O)[C@@H](Cc1ccccc1F)NC(C)=O. The van der Waals surface area contributed by atoms with Gasteiger partial charge in [0.1, 0.15) is 29.2 Å². The van der Waals surface area contributed by atoms with Gasteiger partial charge in [0.2, 0.25) is 11.8 Å². The second kappa shape index (κ2) is 11.3. The Morgan fingerprint density at radius 3 is 2.34 bits per heavy atom. The van der Waals surface area contributed by atoms with Crippen LogP contribution in [-0.4, -0.2) is 44.1 Å². The van der Waals surface area contributed by atoms with Crippen LogP contribution in [0.25, 0.3) is 11.0 Å². The van der Waals surface area contributed by atoms with Gasteiger partial charge in [-0.25, -0.2) is 14.0 Å². The monoisotopic (exact) mass is 484 g/mol. The average Bonchev–Trinajstić information content (AvgIpc) is 2.83. The van der Waals surface area contributed by atoms with Gasteiger partial charge in [-0.3, -0.25) is 9.59 Å². The summed E-state index contributed by atoms with van der Waals surface area (Å²) in [5.41, 5.74) is 0.250. The number of amides is 2. The third-order valence-electron chi connectivity index (χ3n) is 5.34. The molecule has 184 valence electrons. The molecule has 0 bridgehead atoms. The summed E-state index contributed by atoms with van der Waals surface area (Å²) in [6, 6.07) is 9.61. The van der Waals surface area contributed by atoms with Gasteiger partial charge in [-0.2, -0.15) is 0 Å². The number of ether oxygens (including phenoxy) is 2. The highest BCUT2D eigenvalue weighted by Gasteiger charge is 2.28. The lowest BCUT2D eigenvalue weighted by molar-refractivity contribution is -0.145. The molecule has 2 amide bonds. The van der Waals surface area contributed by atoms with Crippen LogP contribution in [-0.2, 0) is 32.0 Å². The molecule has 1 aromatic heterocycles. The average molecular weight is 484 g/mol. The number of methoxy groups -OCH3 is 2. The maximum atomic E-state index is 14.2. The standard InChI is InChI=1S/C25H25FN2O7/c1-14(29)27-20(10-15-6-4-5-7-19(15)26)24(31)28-21(25(32)34-3)11-16-12-23(30)35-22-13-17(33-2)8-9-18(16)22/h4-9,12-13,20-21H,10-11H2,1-3H3,(H,27,29)(H,28,31)/t20-,21-/m1/s1. The highest BCUT2D eigenvalue weighted by molar-refractivity contribution is 5.91. The van der Waals surface area contributed by atoms with Crippen molar-refractivity contribution in [2.75, 3.05) is 14.2 Å². The molecule has 0 radical (unpaired) electrons. The second-order valence-corrected chi connectivity index (χ2v) is 7.79. The van der Waals surface area contributed by atoms with E-state index >= 15 is 0 Å². The molecule has 0 aliphatic rings. The predicted molar refractivity (Wildman–Crippen MR) is 124 cm³/mol. The molecular formula is C25H25FN2O7. The van der Waals surface area contributed by atoms with Crippen molar-refractivity contribution in [1.29, 1.82) is 0 Å². The number of fused-ring (bicyclic) bond motifs is 1. The van der Waals surface area contributed by atoms with E-state index in [1.54, 1.807) is 18.2 Å². The number of carbonyl (C=O) groups excluding carboxylic acids is 3. The lowest BCUT2D eigenvalue weighted by Crippen LogP contribution is -2.53. The van der Waals surface area contributed by atoms with E-state index in [-0.39, 0.29) is 24.0 Å². The predicted octanol–water partition coefficient (Wildman–Crippen LogP) is 1.89. The van der Waals surface area contributed by atoms with Gasteiger partial charge >= 0.3 is 11.6 Å². The van der Waals surface area contributed by atoms with Crippen LogP contribution in [0.4, 0.5) is 4.39 Å². The second-order valence-electron chi connectivity index (χ2n) is 7.79. The Labute approximate surface area is 200 Å². The number of halogens is 1. The van der Waals surface area contributed by atoms with Crippen LogP contribution in [0.15, 0.2) is 57.7 Å². The van der Waals surface area contributed by atoms with Gasteiger partial charge in [-0.1, -0.05) is 18.2 Å². The van der Waals surface area contributed by atoms with Crippen molar-refractivity contribution in [2.45, 2.75) is 31.8 Å². The van der Waals surface area contributed by atoms with E-state index in [9.17, 15) is 23.6 Å². The number of hydrogen-bond donors (Lipinski definition) is 2. The summed E-state index contributed by atoms with van der Waals surface area (Å²) in [6.07, 6.45) is -0.233. The fraction of sp³-hybridized carbons (Fsp3) is 0.280. The fourth-order valence-corrected chi connectivity index (χ4v) is 3.67. The van der Waals surface area contributed by atoms with Gasteiger partial charge in [0.05, 0.1) is 14.2 Å². The third kappa shape index (κ3) is 6.44. The number of rotatable bonds is 9. The molecule has 0 fully saturated rings. The largest absolute Gasteiger partial charge is 0.497 e. The van der Waals surface area contributed by atoms with E-state index in [2.05, 4.69) is 10.6 Å². The Bertz CT molecular complexity index is 1300. The summed E-state index contributed by atoms with van der Waals surface area (Å²) < 4.78 is 29.4. The van der Waals surface area contributed by atoms with E-state index in [4.69, 9.17) is 13.9 Å². The molecule has 10 heteroatoms. The molecule has 3 aromatic rings. The van der Waals surface area contributed by atoms with Gasteiger partial charge in [-0.05, 0) is 29.3 Å². The van der Waals surface area contributed by atoms with E-state index in [1.807, 2.05) is 0 Å². The van der Waals surface area contributed by atoms with E-state index in [1.165, 1.54) is 44.4 Å². The number of hydrogen-bond acceptors (Lipinski definition) is 7. The number of benzene rings is 2. The Hall–Kier alpha value is -4.21. The summed E-state index contributed by atoms with van der Waals surface area (Å²) in [5.74, 6) is -2.04. The molecule has 2 atom stereocenters. The van der Waals surface area contributed by atoms with Crippen LogP contribution in [0.2, 0.25) is 0 Å². The molecule has 35 heavy (non-hydrogen) atoms. The van der Waals surface area contributed by atoms with Crippen LogP contribution in [0.5, 0.6) is 5.75 Å². The Balaban J connectivity index is 1.90. The molecule has 2 N–H and O–H groups in total.